The SMILES string of the molecule is N#Cc1csc(CC2(O)CCNCC2)c1. The Morgan fingerprint density at radius 3 is 2.87 bits per heavy atom. The molecule has 15 heavy (non-hydrogen) atoms. The van der Waals surface area contributed by atoms with Gasteiger partial charge in [0.05, 0.1) is 11.2 Å². The van der Waals surface area contributed by atoms with Crippen LogP contribution in [0.5, 0.6) is 0 Å². The number of rotatable bonds is 2. The molecule has 0 radical (unpaired) electrons. The molecule has 0 atom stereocenters. The maximum Gasteiger partial charge on any atom is 0.100 e. The second kappa shape index (κ2) is 4.31. The van der Waals surface area contributed by atoms with E-state index in [2.05, 4.69) is 11.4 Å². The molecule has 1 aromatic rings. The minimum absolute atomic E-state index is 0.567. The lowest BCUT2D eigenvalue weighted by Gasteiger charge is -2.32. The average molecular weight is 222 g/mol. The van der Waals surface area contributed by atoms with Crippen LogP contribution in [0, 0.1) is 11.3 Å². The number of thiophene rings is 1. The van der Waals surface area contributed by atoms with Crippen molar-refractivity contribution in [2.45, 2.75) is 24.9 Å². The Balaban J connectivity index is 2.04. The summed E-state index contributed by atoms with van der Waals surface area (Å²) in [4.78, 5) is 1.11. The third-order valence-electron chi connectivity index (χ3n) is 2.82. The summed E-state index contributed by atoms with van der Waals surface area (Å²) in [7, 11) is 0. The number of nitriles is 1. The predicted octanol–water partition coefficient (Wildman–Crippen LogP) is 1.28. The summed E-state index contributed by atoms with van der Waals surface area (Å²) in [5.41, 5.74) is 0.135. The summed E-state index contributed by atoms with van der Waals surface area (Å²) in [5.74, 6) is 0. The molecular weight excluding hydrogens is 208 g/mol. The number of nitrogens with zero attached hydrogens (tertiary/aromatic N) is 1. The number of piperidine rings is 1. The monoisotopic (exact) mass is 222 g/mol. The van der Waals surface area contributed by atoms with Crippen molar-refractivity contribution >= 4 is 11.3 Å². The minimum atomic E-state index is -0.567. The van der Waals surface area contributed by atoms with Gasteiger partial charge in [-0.2, -0.15) is 5.26 Å². The highest BCUT2D eigenvalue weighted by atomic mass is 32.1. The first kappa shape index (κ1) is 10.6. The molecule has 1 fully saturated rings. The first-order valence-electron chi connectivity index (χ1n) is 5.12. The third kappa shape index (κ3) is 2.57. The van der Waals surface area contributed by atoms with Gasteiger partial charge in [-0.1, -0.05) is 0 Å². The molecular formula is C11H14N2OS. The molecule has 0 aliphatic carbocycles. The van der Waals surface area contributed by atoms with Crippen molar-refractivity contribution in [2.75, 3.05) is 13.1 Å². The third-order valence-corrected chi connectivity index (χ3v) is 3.76. The summed E-state index contributed by atoms with van der Waals surface area (Å²) in [6.45, 7) is 1.76. The Bertz CT molecular complexity index is 374. The lowest BCUT2D eigenvalue weighted by Crippen LogP contribution is -2.43. The average Bonchev–Trinajstić information content (AvgIpc) is 2.66. The van der Waals surface area contributed by atoms with Crippen molar-refractivity contribution in [2.24, 2.45) is 0 Å². The number of hydrogen-bond acceptors (Lipinski definition) is 4. The van der Waals surface area contributed by atoms with Gasteiger partial charge in [-0.05, 0) is 32.0 Å². The van der Waals surface area contributed by atoms with Crippen molar-refractivity contribution in [3.63, 3.8) is 0 Å². The van der Waals surface area contributed by atoms with E-state index in [1.165, 1.54) is 0 Å². The van der Waals surface area contributed by atoms with Gasteiger partial charge in [0.2, 0.25) is 0 Å². The number of nitrogens with one attached hydrogen (secondary N) is 1. The summed E-state index contributed by atoms with van der Waals surface area (Å²) in [6.07, 6.45) is 2.28. The van der Waals surface area contributed by atoms with Crippen LogP contribution < -0.4 is 5.32 Å². The molecule has 2 rings (SSSR count). The van der Waals surface area contributed by atoms with Gasteiger partial charge >= 0.3 is 0 Å². The van der Waals surface area contributed by atoms with Crippen LogP contribution >= 0.6 is 11.3 Å². The van der Waals surface area contributed by atoms with Crippen LogP contribution in [-0.4, -0.2) is 23.8 Å². The molecule has 0 aromatic carbocycles. The smallest absolute Gasteiger partial charge is 0.100 e. The molecule has 0 bridgehead atoms. The first-order valence-corrected chi connectivity index (χ1v) is 6.00. The van der Waals surface area contributed by atoms with E-state index in [0.717, 1.165) is 30.8 Å². The Kier molecular flexibility index (Phi) is 3.06. The Morgan fingerprint density at radius 1 is 1.53 bits per heavy atom. The fraction of sp³-hybridized carbons (Fsp3) is 0.545. The lowest BCUT2D eigenvalue weighted by molar-refractivity contribution is 0.0116. The summed E-state index contributed by atoms with van der Waals surface area (Å²) in [5, 5.41) is 24.1. The van der Waals surface area contributed by atoms with Gasteiger partial charge in [-0.3, -0.25) is 0 Å². The quantitative estimate of drug-likeness (QED) is 0.792. The highest BCUT2D eigenvalue weighted by Gasteiger charge is 2.29. The molecule has 1 aliphatic rings. The van der Waals surface area contributed by atoms with Crippen LogP contribution in [0.1, 0.15) is 23.3 Å². The highest BCUT2D eigenvalue weighted by molar-refractivity contribution is 7.10. The Labute approximate surface area is 93.4 Å². The molecule has 1 saturated heterocycles. The van der Waals surface area contributed by atoms with Crippen molar-refractivity contribution in [1.82, 2.24) is 5.32 Å². The van der Waals surface area contributed by atoms with E-state index >= 15 is 0 Å². The second-order valence-electron chi connectivity index (χ2n) is 4.06. The van der Waals surface area contributed by atoms with Crippen LogP contribution in [0.2, 0.25) is 0 Å². The van der Waals surface area contributed by atoms with E-state index in [0.29, 0.717) is 12.0 Å². The van der Waals surface area contributed by atoms with Crippen molar-refractivity contribution < 1.29 is 5.11 Å². The summed E-state index contributed by atoms with van der Waals surface area (Å²) in [6, 6.07) is 3.99. The van der Waals surface area contributed by atoms with Gasteiger partial charge in [0.1, 0.15) is 6.07 Å². The van der Waals surface area contributed by atoms with Crippen molar-refractivity contribution in [1.29, 1.82) is 5.26 Å². The fourth-order valence-electron chi connectivity index (χ4n) is 1.93. The Morgan fingerprint density at radius 2 is 2.27 bits per heavy atom. The summed E-state index contributed by atoms with van der Waals surface area (Å²) < 4.78 is 0. The largest absolute Gasteiger partial charge is 0.389 e. The molecule has 80 valence electrons. The van der Waals surface area contributed by atoms with Crippen molar-refractivity contribution in [3.8, 4) is 6.07 Å². The molecule has 0 unspecified atom stereocenters. The van der Waals surface area contributed by atoms with Crippen molar-refractivity contribution in [3.05, 3.63) is 21.9 Å². The summed E-state index contributed by atoms with van der Waals surface area (Å²) >= 11 is 1.56. The Hall–Kier alpha value is -0.890. The van der Waals surface area contributed by atoms with Gasteiger partial charge in [-0.15, -0.1) is 11.3 Å². The first-order chi connectivity index (χ1) is 7.22. The maximum atomic E-state index is 10.3. The second-order valence-corrected chi connectivity index (χ2v) is 5.06. The fourth-order valence-corrected chi connectivity index (χ4v) is 2.87. The molecule has 1 aliphatic heterocycles. The standard InChI is InChI=1S/C11H14N2OS/c12-7-9-5-10(15-8-9)6-11(14)1-3-13-4-2-11/h5,8,13-14H,1-4,6H2. The van der Waals surface area contributed by atoms with E-state index in [1.807, 2.05) is 11.4 Å². The molecule has 3 nitrogen and oxygen atoms in total. The zero-order chi connectivity index (χ0) is 10.7. The molecule has 4 heteroatoms. The van der Waals surface area contributed by atoms with Gasteiger partial charge in [0.15, 0.2) is 0 Å². The van der Waals surface area contributed by atoms with Gasteiger partial charge < -0.3 is 10.4 Å². The zero-order valence-corrected chi connectivity index (χ0v) is 9.31. The number of hydrogen-bond donors (Lipinski definition) is 2. The molecule has 2 N–H and O–H groups in total. The zero-order valence-electron chi connectivity index (χ0n) is 8.49. The van der Waals surface area contributed by atoms with E-state index in [-0.39, 0.29) is 0 Å². The lowest BCUT2D eigenvalue weighted by atomic mass is 9.88. The molecule has 2 heterocycles. The van der Waals surface area contributed by atoms with Gasteiger partial charge in [-0.25, -0.2) is 0 Å². The minimum Gasteiger partial charge on any atom is -0.389 e. The van der Waals surface area contributed by atoms with E-state index < -0.39 is 5.60 Å². The van der Waals surface area contributed by atoms with Crippen LogP contribution in [0.25, 0.3) is 0 Å². The number of aliphatic hydroxyl groups is 1. The predicted molar refractivity (Wildman–Crippen MR) is 59.8 cm³/mol. The van der Waals surface area contributed by atoms with Crippen LogP contribution in [0.3, 0.4) is 0 Å². The highest BCUT2D eigenvalue weighted by Crippen LogP contribution is 2.26. The maximum absolute atomic E-state index is 10.3. The van der Waals surface area contributed by atoms with E-state index in [1.54, 1.807) is 11.3 Å². The van der Waals surface area contributed by atoms with Gasteiger partial charge in [0, 0.05) is 16.7 Å². The molecule has 1 aromatic heterocycles. The molecule has 0 spiro atoms. The van der Waals surface area contributed by atoms with E-state index in [9.17, 15) is 5.11 Å². The molecule has 0 amide bonds. The van der Waals surface area contributed by atoms with Crippen LogP contribution in [0.15, 0.2) is 11.4 Å². The van der Waals surface area contributed by atoms with E-state index in [4.69, 9.17) is 5.26 Å². The normalized spacial score (nSPS) is 19.7. The van der Waals surface area contributed by atoms with Crippen LogP contribution in [0.4, 0.5) is 0 Å². The topological polar surface area (TPSA) is 56.0 Å². The molecule has 0 saturated carbocycles. The van der Waals surface area contributed by atoms with Gasteiger partial charge in [0.25, 0.3) is 0 Å². The van der Waals surface area contributed by atoms with Crippen LogP contribution in [-0.2, 0) is 6.42 Å².